The molecule has 0 spiro atoms. The fourth-order valence-corrected chi connectivity index (χ4v) is 1.02. The van der Waals surface area contributed by atoms with E-state index < -0.39 is 0 Å². The van der Waals surface area contributed by atoms with Gasteiger partial charge < -0.3 is 5.32 Å². The molecule has 1 N–H and O–H groups in total. The van der Waals surface area contributed by atoms with E-state index in [1.54, 1.807) is 26.1 Å². The second-order valence-electron chi connectivity index (χ2n) is 2.51. The van der Waals surface area contributed by atoms with E-state index in [1.165, 1.54) is 6.07 Å². The van der Waals surface area contributed by atoms with Crippen molar-refractivity contribution in [3.8, 4) is 0 Å². The van der Waals surface area contributed by atoms with E-state index >= 15 is 0 Å². The van der Waals surface area contributed by atoms with Crippen LogP contribution in [0.3, 0.4) is 0 Å². The zero-order valence-electron chi connectivity index (χ0n) is 7.00. The molecule has 4 nitrogen and oxygen atoms in total. The quantitative estimate of drug-likeness (QED) is 0.539. The minimum Gasteiger partial charge on any atom is -0.388 e. The number of nitrogens with one attached hydrogen (secondary N) is 1. The maximum absolute atomic E-state index is 10.4. The normalized spacial score (nSPS) is 9.50. The highest BCUT2D eigenvalue weighted by Gasteiger charge is 2.08. The SMILES string of the molecule is CNc1ccc([N+](=O)[O-])c(C)c1. The van der Waals surface area contributed by atoms with Gasteiger partial charge in [0.1, 0.15) is 0 Å². The fraction of sp³-hybridized carbons (Fsp3) is 0.250. The largest absolute Gasteiger partial charge is 0.388 e. The van der Waals surface area contributed by atoms with Crippen molar-refractivity contribution < 1.29 is 4.92 Å². The van der Waals surface area contributed by atoms with Crippen LogP contribution < -0.4 is 5.32 Å². The summed E-state index contributed by atoms with van der Waals surface area (Å²) in [6.07, 6.45) is 0. The van der Waals surface area contributed by atoms with Crippen molar-refractivity contribution in [3.05, 3.63) is 33.9 Å². The van der Waals surface area contributed by atoms with Crippen molar-refractivity contribution >= 4 is 11.4 Å². The molecule has 0 radical (unpaired) electrons. The third-order valence-corrected chi connectivity index (χ3v) is 1.68. The molecule has 0 atom stereocenters. The van der Waals surface area contributed by atoms with Gasteiger partial charge in [0.2, 0.25) is 0 Å². The van der Waals surface area contributed by atoms with Gasteiger partial charge in [0.25, 0.3) is 5.69 Å². The van der Waals surface area contributed by atoms with Crippen LogP contribution in [0.2, 0.25) is 0 Å². The molecule has 0 unspecified atom stereocenters. The molecule has 1 aromatic rings. The predicted octanol–water partition coefficient (Wildman–Crippen LogP) is 1.94. The van der Waals surface area contributed by atoms with E-state index in [2.05, 4.69) is 5.32 Å². The average molecular weight is 166 g/mol. The van der Waals surface area contributed by atoms with Crippen LogP contribution >= 0.6 is 0 Å². The number of hydrogen-bond acceptors (Lipinski definition) is 3. The molecular formula is C8H10N2O2. The van der Waals surface area contributed by atoms with Crippen LogP contribution in [0.25, 0.3) is 0 Å². The Labute approximate surface area is 70.4 Å². The van der Waals surface area contributed by atoms with Crippen LogP contribution in [0.5, 0.6) is 0 Å². The second kappa shape index (κ2) is 3.21. The number of hydrogen-bond donors (Lipinski definition) is 1. The number of nitro groups is 1. The summed E-state index contributed by atoms with van der Waals surface area (Å²) in [6, 6.07) is 4.93. The Balaban J connectivity index is 3.12. The van der Waals surface area contributed by atoms with Gasteiger partial charge in [-0.2, -0.15) is 0 Å². The standard InChI is InChI=1S/C8H10N2O2/c1-6-5-7(9-2)3-4-8(6)10(11)12/h3-5,9H,1-2H3. The van der Waals surface area contributed by atoms with Crippen molar-refractivity contribution in [2.75, 3.05) is 12.4 Å². The highest BCUT2D eigenvalue weighted by molar-refractivity contribution is 5.53. The number of nitrogens with zero attached hydrogens (tertiary/aromatic N) is 1. The van der Waals surface area contributed by atoms with Crippen LogP contribution in [0.15, 0.2) is 18.2 Å². The molecule has 1 rings (SSSR count). The lowest BCUT2D eigenvalue weighted by Crippen LogP contribution is -1.93. The van der Waals surface area contributed by atoms with Gasteiger partial charge in [0.15, 0.2) is 0 Å². The van der Waals surface area contributed by atoms with Crippen LogP contribution in [-0.4, -0.2) is 12.0 Å². The summed E-state index contributed by atoms with van der Waals surface area (Å²) in [5.74, 6) is 0. The van der Waals surface area contributed by atoms with Gasteiger partial charge in [-0.3, -0.25) is 10.1 Å². The fourth-order valence-electron chi connectivity index (χ4n) is 1.02. The Hall–Kier alpha value is -1.58. The predicted molar refractivity (Wildman–Crippen MR) is 47.4 cm³/mol. The highest BCUT2D eigenvalue weighted by Crippen LogP contribution is 2.20. The number of aryl methyl sites for hydroxylation is 1. The Bertz CT molecular complexity index is 310. The lowest BCUT2D eigenvalue weighted by molar-refractivity contribution is -0.385. The van der Waals surface area contributed by atoms with Gasteiger partial charge in [-0.05, 0) is 19.1 Å². The Morgan fingerprint density at radius 2 is 2.17 bits per heavy atom. The molecule has 12 heavy (non-hydrogen) atoms. The molecule has 0 fully saturated rings. The van der Waals surface area contributed by atoms with E-state index in [0.29, 0.717) is 5.56 Å². The van der Waals surface area contributed by atoms with Crippen LogP contribution in [-0.2, 0) is 0 Å². The lowest BCUT2D eigenvalue weighted by Gasteiger charge is -2.01. The van der Waals surface area contributed by atoms with Crippen LogP contribution in [0.4, 0.5) is 11.4 Å². The maximum Gasteiger partial charge on any atom is 0.272 e. The molecule has 0 aliphatic rings. The van der Waals surface area contributed by atoms with E-state index in [4.69, 9.17) is 0 Å². The minimum absolute atomic E-state index is 0.161. The summed E-state index contributed by atoms with van der Waals surface area (Å²) < 4.78 is 0. The summed E-state index contributed by atoms with van der Waals surface area (Å²) in [4.78, 5) is 10.0. The minimum atomic E-state index is -0.380. The number of nitro benzene ring substituents is 1. The zero-order chi connectivity index (χ0) is 9.14. The average Bonchev–Trinajstić information content (AvgIpc) is 2.03. The van der Waals surface area contributed by atoms with Crippen molar-refractivity contribution in [2.24, 2.45) is 0 Å². The van der Waals surface area contributed by atoms with Gasteiger partial charge in [0, 0.05) is 24.4 Å². The Morgan fingerprint density at radius 3 is 2.58 bits per heavy atom. The molecule has 0 bridgehead atoms. The van der Waals surface area contributed by atoms with Crippen LogP contribution in [0.1, 0.15) is 5.56 Å². The Morgan fingerprint density at radius 1 is 1.50 bits per heavy atom. The van der Waals surface area contributed by atoms with Gasteiger partial charge in [0.05, 0.1) is 4.92 Å². The molecule has 0 amide bonds. The second-order valence-corrected chi connectivity index (χ2v) is 2.51. The summed E-state index contributed by atoms with van der Waals surface area (Å²) in [7, 11) is 1.78. The van der Waals surface area contributed by atoms with Crippen molar-refractivity contribution in [1.82, 2.24) is 0 Å². The van der Waals surface area contributed by atoms with Crippen LogP contribution in [0, 0.1) is 17.0 Å². The van der Waals surface area contributed by atoms with Crippen molar-refractivity contribution in [3.63, 3.8) is 0 Å². The molecular weight excluding hydrogens is 156 g/mol. The molecule has 0 aromatic heterocycles. The van der Waals surface area contributed by atoms with Crippen molar-refractivity contribution in [2.45, 2.75) is 6.92 Å². The smallest absolute Gasteiger partial charge is 0.272 e. The highest BCUT2D eigenvalue weighted by atomic mass is 16.6. The Kier molecular flexibility index (Phi) is 2.28. The summed E-state index contributed by atoms with van der Waals surface area (Å²) in [5, 5.41) is 13.3. The summed E-state index contributed by atoms with van der Waals surface area (Å²) >= 11 is 0. The topological polar surface area (TPSA) is 55.2 Å². The summed E-state index contributed by atoms with van der Waals surface area (Å²) in [5.41, 5.74) is 1.72. The number of rotatable bonds is 2. The summed E-state index contributed by atoms with van der Waals surface area (Å²) in [6.45, 7) is 1.72. The van der Waals surface area contributed by atoms with Gasteiger partial charge >= 0.3 is 0 Å². The van der Waals surface area contributed by atoms with Gasteiger partial charge in [-0.15, -0.1) is 0 Å². The molecule has 0 aliphatic heterocycles. The zero-order valence-corrected chi connectivity index (χ0v) is 7.00. The third-order valence-electron chi connectivity index (χ3n) is 1.68. The molecule has 64 valence electrons. The van der Waals surface area contributed by atoms with E-state index in [0.717, 1.165) is 5.69 Å². The first-order chi connectivity index (χ1) is 5.65. The molecule has 0 aliphatic carbocycles. The number of benzene rings is 1. The first-order valence-electron chi connectivity index (χ1n) is 3.58. The third kappa shape index (κ3) is 1.53. The number of anilines is 1. The van der Waals surface area contributed by atoms with E-state index in [9.17, 15) is 10.1 Å². The van der Waals surface area contributed by atoms with E-state index in [1.807, 2.05) is 0 Å². The lowest BCUT2D eigenvalue weighted by atomic mass is 10.2. The molecule has 0 saturated carbocycles. The molecule has 1 aromatic carbocycles. The van der Waals surface area contributed by atoms with Crippen molar-refractivity contribution in [1.29, 1.82) is 0 Å². The first-order valence-corrected chi connectivity index (χ1v) is 3.58. The van der Waals surface area contributed by atoms with Gasteiger partial charge in [-0.1, -0.05) is 0 Å². The molecule has 0 saturated heterocycles. The van der Waals surface area contributed by atoms with E-state index in [-0.39, 0.29) is 10.6 Å². The molecule has 4 heteroatoms. The molecule has 0 heterocycles. The maximum atomic E-state index is 10.4. The first kappa shape index (κ1) is 8.52. The monoisotopic (exact) mass is 166 g/mol. The van der Waals surface area contributed by atoms with Gasteiger partial charge in [-0.25, -0.2) is 0 Å².